The van der Waals surface area contributed by atoms with Crippen molar-refractivity contribution >= 4 is 6.29 Å². The molecule has 0 aliphatic rings. The number of hydrogen-bond donors (Lipinski definition) is 0. The molecule has 2 aromatic rings. The van der Waals surface area contributed by atoms with Crippen LogP contribution >= 0.6 is 0 Å². The molecule has 1 aromatic heterocycles. The van der Waals surface area contributed by atoms with Crippen molar-refractivity contribution in [3.63, 3.8) is 0 Å². The molecule has 3 heteroatoms. The number of benzene rings is 1. The summed E-state index contributed by atoms with van der Waals surface area (Å²) in [4.78, 5) is 10.4. The predicted octanol–water partition coefficient (Wildman–Crippen LogP) is 1.90. The van der Waals surface area contributed by atoms with Crippen LogP contribution in [0.15, 0.2) is 36.5 Å². The van der Waals surface area contributed by atoms with E-state index in [1.54, 1.807) is 16.8 Å². The Morgan fingerprint density at radius 3 is 2.43 bits per heavy atom. The first-order chi connectivity index (χ1) is 6.79. The highest BCUT2D eigenvalue weighted by Gasteiger charge is 1.99. The molecular weight excluding hydrogens is 176 g/mol. The van der Waals surface area contributed by atoms with Crippen LogP contribution in [0.1, 0.15) is 10.4 Å². The summed E-state index contributed by atoms with van der Waals surface area (Å²) in [6.45, 7) is 0. The predicted molar refractivity (Wildman–Crippen MR) is 54.0 cm³/mol. The molecule has 0 aliphatic heterocycles. The van der Waals surface area contributed by atoms with Gasteiger partial charge in [0, 0.05) is 24.4 Å². The number of aromatic nitrogens is 2. The molecule has 0 radical (unpaired) electrons. The smallest absolute Gasteiger partial charge is 0.150 e. The van der Waals surface area contributed by atoms with Crippen molar-refractivity contribution in [2.45, 2.75) is 0 Å². The second-order valence-corrected chi connectivity index (χ2v) is 3.11. The zero-order chi connectivity index (χ0) is 9.97. The molecule has 0 fully saturated rings. The number of nitrogens with zero attached hydrogens (tertiary/aromatic N) is 2. The van der Waals surface area contributed by atoms with Crippen LogP contribution in [0.2, 0.25) is 0 Å². The molecule has 70 valence electrons. The first-order valence-corrected chi connectivity index (χ1v) is 4.35. The Bertz CT molecular complexity index is 443. The van der Waals surface area contributed by atoms with Crippen molar-refractivity contribution in [2.75, 3.05) is 0 Å². The summed E-state index contributed by atoms with van der Waals surface area (Å²) in [6, 6.07) is 9.31. The third-order valence-electron chi connectivity index (χ3n) is 2.06. The molecule has 0 unspecified atom stereocenters. The van der Waals surface area contributed by atoms with Crippen molar-refractivity contribution in [3.05, 3.63) is 42.1 Å². The second-order valence-electron chi connectivity index (χ2n) is 3.11. The number of carbonyl (C=O) groups is 1. The van der Waals surface area contributed by atoms with Gasteiger partial charge in [0.25, 0.3) is 0 Å². The van der Waals surface area contributed by atoms with Gasteiger partial charge in [-0.15, -0.1) is 0 Å². The van der Waals surface area contributed by atoms with Crippen LogP contribution in [0.25, 0.3) is 11.3 Å². The van der Waals surface area contributed by atoms with E-state index in [0.717, 1.165) is 17.5 Å². The second kappa shape index (κ2) is 3.46. The fraction of sp³-hybridized carbons (Fsp3) is 0.0909. The number of aryl methyl sites for hydroxylation is 1. The first-order valence-electron chi connectivity index (χ1n) is 4.35. The lowest BCUT2D eigenvalue weighted by atomic mass is 10.1. The number of aldehydes is 1. The van der Waals surface area contributed by atoms with E-state index in [4.69, 9.17) is 0 Å². The van der Waals surface area contributed by atoms with Crippen LogP contribution in [0.5, 0.6) is 0 Å². The van der Waals surface area contributed by atoms with Crippen LogP contribution in [-0.4, -0.2) is 16.1 Å². The zero-order valence-electron chi connectivity index (χ0n) is 7.84. The standard InChI is InChI=1S/C11H10N2O/c1-13-7-6-11(12-13)10-4-2-9(8-14)3-5-10/h2-8H,1H3. The fourth-order valence-electron chi connectivity index (χ4n) is 1.30. The third kappa shape index (κ3) is 1.57. The van der Waals surface area contributed by atoms with Crippen LogP contribution in [0.3, 0.4) is 0 Å². The quantitative estimate of drug-likeness (QED) is 0.671. The van der Waals surface area contributed by atoms with Crippen molar-refractivity contribution in [2.24, 2.45) is 7.05 Å². The summed E-state index contributed by atoms with van der Waals surface area (Å²) in [6.07, 6.45) is 2.73. The summed E-state index contributed by atoms with van der Waals surface area (Å²) in [7, 11) is 1.88. The van der Waals surface area contributed by atoms with Gasteiger partial charge in [0.05, 0.1) is 5.69 Å². The molecule has 0 atom stereocenters. The maximum absolute atomic E-state index is 10.4. The van der Waals surface area contributed by atoms with Crippen LogP contribution in [0, 0.1) is 0 Å². The molecule has 0 amide bonds. The van der Waals surface area contributed by atoms with Gasteiger partial charge >= 0.3 is 0 Å². The molecule has 1 aromatic carbocycles. The lowest BCUT2D eigenvalue weighted by molar-refractivity contribution is 0.112. The van der Waals surface area contributed by atoms with Crippen molar-refractivity contribution in [3.8, 4) is 11.3 Å². The Balaban J connectivity index is 2.38. The maximum Gasteiger partial charge on any atom is 0.150 e. The largest absolute Gasteiger partial charge is 0.298 e. The minimum atomic E-state index is 0.685. The lowest BCUT2D eigenvalue weighted by Crippen LogP contribution is -1.88. The van der Waals surface area contributed by atoms with Gasteiger partial charge in [0.1, 0.15) is 6.29 Å². The van der Waals surface area contributed by atoms with E-state index in [1.165, 1.54) is 0 Å². The zero-order valence-corrected chi connectivity index (χ0v) is 7.84. The molecule has 3 nitrogen and oxygen atoms in total. The maximum atomic E-state index is 10.4. The van der Waals surface area contributed by atoms with Gasteiger partial charge in [-0.2, -0.15) is 5.10 Å². The summed E-state index contributed by atoms with van der Waals surface area (Å²) >= 11 is 0. The van der Waals surface area contributed by atoms with Gasteiger partial charge in [-0.3, -0.25) is 9.48 Å². The molecule has 0 spiro atoms. The van der Waals surface area contributed by atoms with Gasteiger partial charge in [0.2, 0.25) is 0 Å². The van der Waals surface area contributed by atoms with Crippen LogP contribution in [-0.2, 0) is 7.05 Å². The van der Waals surface area contributed by atoms with Crippen LogP contribution in [0.4, 0.5) is 0 Å². The Morgan fingerprint density at radius 2 is 1.93 bits per heavy atom. The van der Waals surface area contributed by atoms with Gasteiger partial charge < -0.3 is 0 Å². The number of rotatable bonds is 2. The average Bonchev–Trinajstić information content (AvgIpc) is 2.65. The summed E-state index contributed by atoms with van der Waals surface area (Å²) in [5.41, 5.74) is 2.63. The molecule has 0 saturated heterocycles. The molecular formula is C11H10N2O. The minimum absolute atomic E-state index is 0.685. The Labute approximate surface area is 82.0 Å². The highest BCUT2D eigenvalue weighted by atomic mass is 16.1. The number of carbonyl (C=O) groups excluding carboxylic acids is 1. The van der Waals surface area contributed by atoms with Gasteiger partial charge in [0.15, 0.2) is 0 Å². The lowest BCUT2D eigenvalue weighted by Gasteiger charge is -1.96. The SMILES string of the molecule is Cn1ccc(-c2ccc(C=O)cc2)n1. The van der Waals surface area contributed by atoms with Gasteiger partial charge in [-0.25, -0.2) is 0 Å². The first kappa shape index (κ1) is 8.69. The summed E-state index contributed by atoms with van der Waals surface area (Å²) < 4.78 is 1.75. The highest BCUT2D eigenvalue weighted by Crippen LogP contribution is 2.16. The molecule has 0 N–H and O–H groups in total. The highest BCUT2D eigenvalue weighted by molar-refractivity contribution is 5.76. The minimum Gasteiger partial charge on any atom is -0.298 e. The monoisotopic (exact) mass is 186 g/mol. The van der Waals surface area contributed by atoms with Crippen LogP contribution < -0.4 is 0 Å². The third-order valence-corrected chi connectivity index (χ3v) is 2.06. The Morgan fingerprint density at radius 1 is 1.21 bits per heavy atom. The molecule has 2 rings (SSSR count). The van der Waals surface area contributed by atoms with E-state index < -0.39 is 0 Å². The van der Waals surface area contributed by atoms with Crippen molar-refractivity contribution < 1.29 is 4.79 Å². The Hall–Kier alpha value is -1.90. The van der Waals surface area contributed by atoms with Crippen molar-refractivity contribution in [1.29, 1.82) is 0 Å². The van der Waals surface area contributed by atoms with E-state index in [0.29, 0.717) is 5.56 Å². The Kier molecular flexibility index (Phi) is 2.14. The molecule has 14 heavy (non-hydrogen) atoms. The van der Waals surface area contributed by atoms with E-state index >= 15 is 0 Å². The van der Waals surface area contributed by atoms with E-state index in [2.05, 4.69) is 5.10 Å². The normalized spacial score (nSPS) is 10.1. The summed E-state index contributed by atoms with van der Waals surface area (Å²) in [5.74, 6) is 0. The molecule has 0 bridgehead atoms. The van der Waals surface area contributed by atoms with E-state index in [-0.39, 0.29) is 0 Å². The number of hydrogen-bond acceptors (Lipinski definition) is 2. The molecule has 1 heterocycles. The fourth-order valence-corrected chi connectivity index (χ4v) is 1.30. The van der Waals surface area contributed by atoms with Gasteiger partial charge in [-0.05, 0) is 6.07 Å². The van der Waals surface area contributed by atoms with E-state index in [1.807, 2.05) is 31.4 Å². The summed E-state index contributed by atoms with van der Waals surface area (Å²) in [5, 5.41) is 4.26. The molecule has 0 aliphatic carbocycles. The van der Waals surface area contributed by atoms with Gasteiger partial charge in [-0.1, -0.05) is 24.3 Å². The van der Waals surface area contributed by atoms with Crippen molar-refractivity contribution in [1.82, 2.24) is 9.78 Å². The van der Waals surface area contributed by atoms with E-state index in [9.17, 15) is 4.79 Å². The molecule has 0 saturated carbocycles. The average molecular weight is 186 g/mol. The topological polar surface area (TPSA) is 34.9 Å².